The van der Waals surface area contributed by atoms with Crippen LogP contribution in [-0.2, 0) is 5.54 Å². The number of rotatable bonds is 3. The van der Waals surface area contributed by atoms with Gasteiger partial charge in [-0.25, -0.2) is 4.79 Å². The number of carbonyl (C=O) groups excluding carboxylic acids is 1. The number of nitrogens with zero attached hydrogens (tertiary/aromatic N) is 1. The zero-order chi connectivity index (χ0) is 17.6. The first kappa shape index (κ1) is 18.5. The van der Waals surface area contributed by atoms with Crippen molar-refractivity contribution in [3.05, 3.63) is 72.2 Å². The molecule has 0 spiro atoms. The number of urea groups is 1. The Morgan fingerprint density at radius 3 is 1.81 bits per heavy atom. The Bertz CT molecular complexity index is 1010. The summed E-state index contributed by atoms with van der Waals surface area (Å²) in [6.07, 6.45) is 3.05. The molecule has 0 fully saturated rings. The van der Waals surface area contributed by atoms with Crippen molar-refractivity contribution in [2.24, 2.45) is 5.73 Å². The minimum absolute atomic E-state index is 0. The van der Waals surface area contributed by atoms with Crippen LogP contribution in [-0.4, -0.2) is 45.9 Å². The van der Waals surface area contributed by atoms with Gasteiger partial charge in [-0.05, 0) is 19.1 Å². The van der Waals surface area contributed by atoms with E-state index in [4.69, 9.17) is 14.6 Å². The molecule has 26 heavy (non-hydrogen) atoms. The first-order valence-corrected chi connectivity index (χ1v) is 7.75. The van der Waals surface area contributed by atoms with E-state index >= 15 is 0 Å². The third-order valence-electron chi connectivity index (χ3n) is 4.64. The van der Waals surface area contributed by atoms with E-state index in [1.54, 1.807) is 6.92 Å². The molecule has 2 amide bonds. The summed E-state index contributed by atoms with van der Waals surface area (Å²) in [5, 5.41) is 12.6. The molecule has 2 heterocycles. The van der Waals surface area contributed by atoms with Gasteiger partial charge in [0.05, 0.1) is 12.5 Å². The van der Waals surface area contributed by atoms with Crippen LogP contribution in [0.2, 0.25) is 0 Å². The molecule has 4 rings (SSSR count). The molecular weight excluding hydrogens is 343 g/mol. The van der Waals surface area contributed by atoms with Crippen LogP contribution >= 0.6 is 0 Å². The minimum atomic E-state index is -1.29. The average molecular weight is 360 g/mol. The Morgan fingerprint density at radius 2 is 1.38 bits per heavy atom. The van der Waals surface area contributed by atoms with E-state index in [-0.39, 0.29) is 29.6 Å². The molecule has 0 aliphatic carbocycles. The number of amides is 2. The number of benzene rings is 2. The fraction of sp³-hybridized carbons (Fsp3) is 0.105. The van der Waals surface area contributed by atoms with Crippen LogP contribution in [0.25, 0.3) is 21.9 Å². The van der Waals surface area contributed by atoms with Crippen LogP contribution in [0.4, 0.5) is 4.79 Å². The number of nitrogens with two attached hydrogens (primary N) is 1. The van der Waals surface area contributed by atoms with E-state index in [0.29, 0.717) is 27.4 Å². The standard InChI is InChI=1S/C19H16N2O4.Na.H/c1-19(21(23)18(20)22,14-10-24-16-8-4-2-6-12(14)16)15-11-25-17-9-5-3-7-13(15)17;;/h2-11,23H,1H3,(H2,20,22);;. The van der Waals surface area contributed by atoms with Crippen molar-refractivity contribution in [1.29, 1.82) is 0 Å². The normalized spacial score (nSPS) is 11.5. The second kappa shape index (κ2) is 6.81. The van der Waals surface area contributed by atoms with Crippen molar-refractivity contribution in [3.63, 3.8) is 0 Å². The monoisotopic (exact) mass is 360 g/mol. The second-order valence-electron chi connectivity index (χ2n) is 6.01. The third kappa shape index (κ3) is 2.62. The van der Waals surface area contributed by atoms with Gasteiger partial charge < -0.3 is 14.6 Å². The summed E-state index contributed by atoms with van der Waals surface area (Å²) in [6.45, 7) is 1.70. The number of hydroxylamine groups is 2. The van der Waals surface area contributed by atoms with Gasteiger partial charge in [-0.1, -0.05) is 36.4 Å². The Hall–Kier alpha value is -2.25. The second-order valence-corrected chi connectivity index (χ2v) is 6.01. The van der Waals surface area contributed by atoms with Gasteiger partial charge in [0.1, 0.15) is 16.7 Å². The topological polar surface area (TPSA) is 92.8 Å². The van der Waals surface area contributed by atoms with Gasteiger partial charge in [-0.3, -0.25) is 5.21 Å². The average Bonchev–Trinajstić information content (AvgIpc) is 3.25. The van der Waals surface area contributed by atoms with Gasteiger partial charge in [0, 0.05) is 21.9 Å². The molecule has 7 heteroatoms. The van der Waals surface area contributed by atoms with Crippen molar-refractivity contribution < 1.29 is 18.8 Å². The molecule has 0 aliphatic heterocycles. The first-order chi connectivity index (χ1) is 12.0. The van der Waals surface area contributed by atoms with Crippen LogP contribution < -0.4 is 5.73 Å². The predicted octanol–water partition coefficient (Wildman–Crippen LogP) is 3.56. The molecule has 0 radical (unpaired) electrons. The SMILES string of the molecule is CC(c1coc2ccccc12)(c1coc2ccccc12)N(O)C(N)=O.[NaH]. The quantitative estimate of drug-likeness (QED) is 0.332. The van der Waals surface area contributed by atoms with Gasteiger partial charge in [0.2, 0.25) is 0 Å². The summed E-state index contributed by atoms with van der Waals surface area (Å²) in [5.41, 5.74) is 6.62. The van der Waals surface area contributed by atoms with Gasteiger partial charge in [0.15, 0.2) is 0 Å². The van der Waals surface area contributed by atoms with Crippen LogP contribution in [0.15, 0.2) is 69.9 Å². The number of hydrogen-bond acceptors (Lipinski definition) is 4. The van der Waals surface area contributed by atoms with Crippen LogP contribution in [0.3, 0.4) is 0 Å². The Morgan fingerprint density at radius 1 is 0.962 bits per heavy atom. The van der Waals surface area contributed by atoms with E-state index in [0.717, 1.165) is 10.8 Å². The van der Waals surface area contributed by atoms with Crippen molar-refractivity contribution in [1.82, 2.24) is 5.06 Å². The fourth-order valence-corrected chi connectivity index (χ4v) is 3.30. The Kier molecular flexibility index (Phi) is 4.86. The third-order valence-corrected chi connectivity index (χ3v) is 4.64. The molecule has 0 saturated heterocycles. The molecule has 4 aromatic rings. The van der Waals surface area contributed by atoms with Crippen molar-refractivity contribution in [2.75, 3.05) is 0 Å². The van der Waals surface area contributed by atoms with Crippen LogP contribution in [0.1, 0.15) is 18.1 Å². The van der Waals surface area contributed by atoms with Crippen molar-refractivity contribution in [3.8, 4) is 0 Å². The van der Waals surface area contributed by atoms with E-state index in [1.165, 1.54) is 12.5 Å². The molecule has 0 aliphatic rings. The van der Waals surface area contributed by atoms with Gasteiger partial charge in [0.25, 0.3) is 0 Å². The molecule has 0 atom stereocenters. The van der Waals surface area contributed by atoms with Gasteiger partial charge in [-0.2, -0.15) is 5.06 Å². The zero-order valence-electron chi connectivity index (χ0n) is 13.5. The first-order valence-electron chi connectivity index (χ1n) is 7.75. The molecule has 3 N–H and O–H groups in total. The summed E-state index contributed by atoms with van der Waals surface area (Å²) in [7, 11) is 0. The molecule has 2 aromatic heterocycles. The number of carbonyl (C=O) groups is 1. The van der Waals surface area contributed by atoms with E-state index in [9.17, 15) is 10.0 Å². The Balaban J connectivity index is 0.00000196. The molecule has 0 unspecified atom stereocenters. The molecule has 6 nitrogen and oxygen atoms in total. The van der Waals surface area contributed by atoms with Crippen molar-refractivity contribution >= 4 is 57.5 Å². The summed E-state index contributed by atoms with van der Waals surface area (Å²) in [4.78, 5) is 11.8. The summed E-state index contributed by atoms with van der Waals surface area (Å²) >= 11 is 0. The van der Waals surface area contributed by atoms with Crippen LogP contribution in [0.5, 0.6) is 0 Å². The molecule has 128 valence electrons. The molecule has 0 saturated carbocycles. The summed E-state index contributed by atoms with van der Waals surface area (Å²) in [5.74, 6) is 0. The summed E-state index contributed by atoms with van der Waals surface area (Å²) in [6, 6.07) is 13.8. The summed E-state index contributed by atoms with van der Waals surface area (Å²) < 4.78 is 11.2. The van der Waals surface area contributed by atoms with E-state index in [2.05, 4.69) is 0 Å². The van der Waals surface area contributed by atoms with Crippen molar-refractivity contribution in [2.45, 2.75) is 12.5 Å². The molecular formula is C19H17N2NaO4. The molecule has 0 bridgehead atoms. The fourth-order valence-electron chi connectivity index (χ4n) is 3.30. The number of hydrogen-bond donors (Lipinski definition) is 2. The Labute approximate surface area is 171 Å². The number of fused-ring (bicyclic) bond motifs is 2. The zero-order valence-corrected chi connectivity index (χ0v) is 13.5. The number of para-hydroxylation sites is 2. The van der Waals surface area contributed by atoms with E-state index in [1.807, 2.05) is 48.5 Å². The van der Waals surface area contributed by atoms with Crippen LogP contribution in [0, 0.1) is 0 Å². The van der Waals surface area contributed by atoms with Gasteiger partial charge in [-0.15, -0.1) is 0 Å². The van der Waals surface area contributed by atoms with Gasteiger partial charge >= 0.3 is 35.6 Å². The predicted molar refractivity (Wildman–Crippen MR) is 99.2 cm³/mol. The maximum atomic E-state index is 11.8. The maximum absolute atomic E-state index is 11.8. The number of primary amides is 1. The molecule has 2 aromatic carbocycles. The van der Waals surface area contributed by atoms with E-state index < -0.39 is 11.6 Å². The number of furan rings is 2.